The van der Waals surface area contributed by atoms with Gasteiger partial charge in [0, 0.05) is 12.1 Å². The first-order valence-electron chi connectivity index (χ1n) is 9.17. The van der Waals surface area contributed by atoms with E-state index in [2.05, 4.69) is 24.3 Å². The van der Waals surface area contributed by atoms with Gasteiger partial charge in [0.15, 0.2) is 0 Å². The highest BCUT2D eigenvalue weighted by molar-refractivity contribution is 5.69. The van der Waals surface area contributed by atoms with Gasteiger partial charge in [0.1, 0.15) is 5.60 Å². The number of piperidine rings is 1. The zero-order chi connectivity index (χ0) is 17.3. The first-order valence-corrected chi connectivity index (χ1v) is 9.17. The van der Waals surface area contributed by atoms with Gasteiger partial charge in [0.05, 0.1) is 0 Å². The van der Waals surface area contributed by atoms with Crippen molar-refractivity contribution in [2.75, 3.05) is 6.54 Å². The molecule has 2 bridgehead atoms. The van der Waals surface area contributed by atoms with Crippen LogP contribution in [0.3, 0.4) is 0 Å². The lowest BCUT2D eigenvalue weighted by molar-refractivity contribution is 0.00584. The lowest BCUT2D eigenvalue weighted by atomic mass is 9.85. The van der Waals surface area contributed by atoms with E-state index in [1.807, 2.05) is 25.7 Å². The van der Waals surface area contributed by atoms with E-state index in [1.165, 1.54) is 11.1 Å². The summed E-state index contributed by atoms with van der Waals surface area (Å²) in [6.45, 7) is 6.49. The standard InChI is InChI=1S/C20H30N2O2/c1-20(2,3)24-19(23)22-17-8-9-18(22)13-16(12-17)15-6-4-14(5-7-15)10-11-21/h4-7,16-18H,8-13,21H2,1-3H3. The van der Waals surface area contributed by atoms with Crippen molar-refractivity contribution < 1.29 is 9.53 Å². The van der Waals surface area contributed by atoms with Crippen LogP contribution in [0.5, 0.6) is 0 Å². The number of rotatable bonds is 3. The molecule has 2 atom stereocenters. The average molecular weight is 330 g/mol. The fourth-order valence-electron chi connectivity index (χ4n) is 4.19. The number of hydrogen-bond acceptors (Lipinski definition) is 3. The zero-order valence-electron chi connectivity index (χ0n) is 15.1. The Morgan fingerprint density at radius 3 is 2.25 bits per heavy atom. The Kier molecular flexibility index (Phi) is 4.86. The lowest BCUT2D eigenvalue weighted by Gasteiger charge is -2.39. The first-order chi connectivity index (χ1) is 11.4. The minimum Gasteiger partial charge on any atom is -0.444 e. The third-order valence-corrected chi connectivity index (χ3v) is 5.22. The number of nitrogens with two attached hydrogens (primary N) is 1. The van der Waals surface area contributed by atoms with E-state index in [1.54, 1.807) is 0 Å². The normalized spacial score (nSPS) is 26.5. The molecular weight excluding hydrogens is 300 g/mol. The molecule has 0 radical (unpaired) electrons. The van der Waals surface area contributed by atoms with Crippen molar-refractivity contribution in [3.63, 3.8) is 0 Å². The molecule has 0 spiro atoms. The van der Waals surface area contributed by atoms with Gasteiger partial charge in [-0.3, -0.25) is 0 Å². The van der Waals surface area contributed by atoms with Crippen molar-refractivity contribution >= 4 is 6.09 Å². The smallest absolute Gasteiger partial charge is 0.410 e. The van der Waals surface area contributed by atoms with Crippen LogP contribution in [0.25, 0.3) is 0 Å². The molecule has 0 aromatic heterocycles. The fourth-order valence-corrected chi connectivity index (χ4v) is 4.19. The zero-order valence-corrected chi connectivity index (χ0v) is 15.1. The summed E-state index contributed by atoms with van der Waals surface area (Å²) < 4.78 is 5.62. The Balaban J connectivity index is 1.67. The third kappa shape index (κ3) is 3.75. The maximum Gasteiger partial charge on any atom is 0.410 e. The van der Waals surface area contributed by atoms with Crippen molar-refractivity contribution in [2.24, 2.45) is 5.73 Å². The Morgan fingerprint density at radius 1 is 1.17 bits per heavy atom. The van der Waals surface area contributed by atoms with Crippen LogP contribution in [-0.2, 0) is 11.2 Å². The van der Waals surface area contributed by atoms with Crippen LogP contribution in [0, 0.1) is 0 Å². The molecule has 2 saturated heterocycles. The number of hydrogen-bond donors (Lipinski definition) is 1. The summed E-state index contributed by atoms with van der Waals surface area (Å²) in [6.07, 6.45) is 5.10. The molecule has 2 fully saturated rings. The molecular formula is C20H30N2O2. The fraction of sp³-hybridized carbons (Fsp3) is 0.650. The minimum absolute atomic E-state index is 0.133. The summed E-state index contributed by atoms with van der Waals surface area (Å²) in [4.78, 5) is 14.5. The SMILES string of the molecule is CC(C)(C)OC(=O)N1C2CCC1CC(c1ccc(CCN)cc1)C2. The minimum atomic E-state index is -0.424. The lowest BCUT2D eigenvalue weighted by Crippen LogP contribution is -2.48. The van der Waals surface area contributed by atoms with E-state index in [0.717, 1.165) is 32.1 Å². The van der Waals surface area contributed by atoms with E-state index in [0.29, 0.717) is 24.5 Å². The average Bonchev–Trinajstić information content (AvgIpc) is 2.77. The number of amides is 1. The molecule has 2 N–H and O–H groups in total. The summed E-state index contributed by atoms with van der Waals surface area (Å²) in [6, 6.07) is 9.55. The van der Waals surface area contributed by atoms with Gasteiger partial charge in [-0.25, -0.2) is 4.79 Å². The molecule has 24 heavy (non-hydrogen) atoms. The number of ether oxygens (including phenoxy) is 1. The first kappa shape index (κ1) is 17.3. The number of carbonyl (C=O) groups excluding carboxylic acids is 1. The molecule has 3 rings (SSSR count). The van der Waals surface area contributed by atoms with Gasteiger partial charge in [0.2, 0.25) is 0 Å². The number of carbonyl (C=O) groups is 1. The van der Waals surface area contributed by atoms with Gasteiger partial charge >= 0.3 is 6.09 Å². The maximum atomic E-state index is 12.5. The third-order valence-electron chi connectivity index (χ3n) is 5.22. The van der Waals surface area contributed by atoms with E-state index in [-0.39, 0.29) is 6.09 Å². The van der Waals surface area contributed by atoms with Gasteiger partial charge < -0.3 is 15.4 Å². The van der Waals surface area contributed by atoms with Crippen molar-refractivity contribution in [1.29, 1.82) is 0 Å². The Labute approximate surface area is 145 Å². The van der Waals surface area contributed by atoms with E-state index < -0.39 is 5.60 Å². The van der Waals surface area contributed by atoms with Gasteiger partial charge in [-0.05, 0) is 76.5 Å². The molecule has 1 aromatic rings. The molecule has 1 amide bonds. The number of nitrogens with zero attached hydrogens (tertiary/aromatic N) is 1. The monoisotopic (exact) mass is 330 g/mol. The van der Waals surface area contributed by atoms with Crippen molar-refractivity contribution in [1.82, 2.24) is 4.90 Å². The Bertz CT molecular complexity index is 562. The van der Waals surface area contributed by atoms with Crippen LogP contribution in [-0.4, -0.2) is 35.2 Å². The number of fused-ring (bicyclic) bond motifs is 2. The summed E-state index contributed by atoms with van der Waals surface area (Å²) in [7, 11) is 0. The van der Waals surface area contributed by atoms with E-state index >= 15 is 0 Å². The summed E-state index contributed by atoms with van der Waals surface area (Å²) in [5.41, 5.74) is 7.90. The van der Waals surface area contributed by atoms with E-state index in [4.69, 9.17) is 10.5 Å². The highest BCUT2D eigenvalue weighted by Gasteiger charge is 2.45. The summed E-state index contributed by atoms with van der Waals surface area (Å²) in [5, 5.41) is 0. The molecule has 2 unspecified atom stereocenters. The second-order valence-electron chi connectivity index (χ2n) is 8.22. The Hall–Kier alpha value is -1.55. The molecule has 2 aliphatic rings. The molecule has 2 heterocycles. The van der Waals surface area contributed by atoms with Crippen LogP contribution in [0.4, 0.5) is 4.79 Å². The summed E-state index contributed by atoms with van der Waals surface area (Å²) in [5.74, 6) is 0.549. The largest absolute Gasteiger partial charge is 0.444 e. The number of benzene rings is 1. The highest BCUT2D eigenvalue weighted by atomic mass is 16.6. The molecule has 0 aliphatic carbocycles. The van der Waals surface area contributed by atoms with Crippen LogP contribution in [0.2, 0.25) is 0 Å². The van der Waals surface area contributed by atoms with Gasteiger partial charge in [-0.2, -0.15) is 0 Å². The van der Waals surface area contributed by atoms with Gasteiger partial charge in [0.25, 0.3) is 0 Å². The van der Waals surface area contributed by atoms with Crippen LogP contribution in [0.15, 0.2) is 24.3 Å². The topological polar surface area (TPSA) is 55.6 Å². The molecule has 1 aromatic carbocycles. The van der Waals surface area contributed by atoms with Crippen LogP contribution in [0.1, 0.15) is 63.5 Å². The quantitative estimate of drug-likeness (QED) is 0.916. The molecule has 2 aliphatic heterocycles. The van der Waals surface area contributed by atoms with Crippen molar-refractivity contribution in [2.45, 2.75) is 76.5 Å². The maximum absolute atomic E-state index is 12.5. The highest BCUT2D eigenvalue weighted by Crippen LogP contribution is 2.43. The predicted molar refractivity (Wildman–Crippen MR) is 96.1 cm³/mol. The molecule has 0 saturated carbocycles. The Morgan fingerprint density at radius 2 is 1.75 bits per heavy atom. The van der Waals surface area contributed by atoms with Gasteiger partial charge in [-0.15, -0.1) is 0 Å². The van der Waals surface area contributed by atoms with Gasteiger partial charge in [-0.1, -0.05) is 24.3 Å². The second kappa shape index (κ2) is 6.75. The predicted octanol–water partition coefficient (Wildman–Crippen LogP) is 3.83. The van der Waals surface area contributed by atoms with Crippen molar-refractivity contribution in [3.05, 3.63) is 35.4 Å². The van der Waals surface area contributed by atoms with Crippen LogP contribution < -0.4 is 5.73 Å². The van der Waals surface area contributed by atoms with E-state index in [9.17, 15) is 4.79 Å². The summed E-state index contributed by atoms with van der Waals surface area (Å²) >= 11 is 0. The van der Waals surface area contributed by atoms with Crippen LogP contribution >= 0.6 is 0 Å². The second-order valence-corrected chi connectivity index (χ2v) is 8.22. The molecule has 132 valence electrons. The molecule has 4 heteroatoms. The molecule has 4 nitrogen and oxygen atoms in total. The van der Waals surface area contributed by atoms with Crippen molar-refractivity contribution in [3.8, 4) is 0 Å².